The summed E-state index contributed by atoms with van der Waals surface area (Å²) in [5.41, 5.74) is -2.08. The average molecular weight is 800 g/mol. The van der Waals surface area contributed by atoms with E-state index >= 15 is 4.39 Å². The fourth-order valence-electron chi connectivity index (χ4n) is 12.3. The van der Waals surface area contributed by atoms with Gasteiger partial charge in [-0.15, -0.1) is 11.3 Å². The van der Waals surface area contributed by atoms with Gasteiger partial charge in [0.05, 0.1) is 11.7 Å². The molecule has 0 radical (unpaired) electrons. The molecule has 2 spiro atoms. The van der Waals surface area contributed by atoms with Crippen LogP contribution in [0.5, 0.6) is 0 Å². The lowest BCUT2D eigenvalue weighted by Crippen LogP contribution is -2.67. The highest BCUT2D eigenvalue weighted by atomic mass is 35.5. The molecule has 6 nitrogen and oxygen atoms in total. The number of sulfonamides is 1. The maximum absolute atomic E-state index is 15.2. The van der Waals surface area contributed by atoms with Crippen molar-refractivity contribution >= 4 is 49.5 Å². The van der Waals surface area contributed by atoms with Crippen molar-refractivity contribution in [1.29, 1.82) is 0 Å². The number of rotatable bonds is 9. The fourth-order valence-corrected chi connectivity index (χ4v) is 15.1. The van der Waals surface area contributed by atoms with Crippen LogP contribution in [0.2, 0.25) is 5.02 Å². The van der Waals surface area contributed by atoms with Crippen LogP contribution >= 0.6 is 22.9 Å². The van der Waals surface area contributed by atoms with E-state index in [2.05, 4.69) is 32.1 Å². The van der Waals surface area contributed by atoms with Gasteiger partial charge in [0.25, 0.3) is 10.0 Å². The van der Waals surface area contributed by atoms with Crippen LogP contribution in [0.4, 0.5) is 4.39 Å². The Labute approximate surface area is 331 Å². The monoisotopic (exact) mass is 799 g/mol. The molecular weight excluding hydrogens is 753 g/mol. The lowest BCUT2D eigenvalue weighted by atomic mass is 9.32. The second-order valence-electron chi connectivity index (χ2n) is 17.5. The maximum Gasteiger partial charge on any atom is 0.252 e. The summed E-state index contributed by atoms with van der Waals surface area (Å²) in [5.74, 6) is -0.873. The lowest BCUT2D eigenvalue weighted by Gasteiger charge is -2.71. The van der Waals surface area contributed by atoms with Crippen molar-refractivity contribution in [2.45, 2.75) is 87.7 Å². The third kappa shape index (κ3) is 5.32. The molecule has 3 saturated carbocycles. The Bertz CT molecular complexity index is 2360. The molecule has 0 aliphatic heterocycles. The Kier molecular flexibility index (Phi) is 8.78. The zero-order chi connectivity index (χ0) is 38.6. The Morgan fingerprint density at radius 1 is 0.927 bits per heavy atom. The summed E-state index contributed by atoms with van der Waals surface area (Å²) in [6.45, 7) is 4.42. The zero-order valence-corrected chi connectivity index (χ0v) is 33.6. The van der Waals surface area contributed by atoms with Crippen LogP contribution in [0.15, 0.2) is 106 Å². The first kappa shape index (κ1) is 37.4. The number of aliphatic hydroxyl groups is 2. The normalized spacial score (nSPS) is 35.0. The summed E-state index contributed by atoms with van der Waals surface area (Å²) >= 11 is 7.66. The molecule has 4 aromatic rings. The Morgan fingerprint density at radius 3 is 2.44 bits per heavy atom. The zero-order valence-electron chi connectivity index (χ0n) is 31.2. The minimum atomic E-state index is -4.01. The van der Waals surface area contributed by atoms with Gasteiger partial charge in [-0.1, -0.05) is 98.3 Å². The number of Topliss-reactive ketones (excluding diaryl/α,β-unsaturated/α-hetero) is 1. The van der Waals surface area contributed by atoms with Crippen molar-refractivity contribution in [3.63, 3.8) is 0 Å². The number of halogens is 2. The first-order valence-electron chi connectivity index (χ1n) is 19.5. The molecule has 10 rings (SSSR count). The molecule has 55 heavy (non-hydrogen) atoms. The number of aliphatic hydroxyl groups excluding tert-OH is 1. The molecule has 3 aromatic carbocycles. The van der Waals surface area contributed by atoms with Gasteiger partial charge in [-0.05, 0) is 102 Å². The third-order valence-electron chi connectivity index (χ3n) is 15.2. The number of hydrogen-bond donors (Lipinski definition) is 2. The SMILES string of the molecule is C[C@]12CC[C@H]3[C@]4(C=C[C@@]5(C=C4C(=O)Cc4c(F)cccc4Cl)CC(O)CC[C@]35C)[C@@H]1CC[C@@]2(O)CN(Cc1cccc2ccccc12)S(=O)(=O)c1cccs1. The lowest BCUT2D eigenvalue weighted by molar-refractivity contribution is -0.177. The topological polar surface area (TPSA) is 94.9 Å². The summed E-state index contributed by atoms with van der Waals surface area (Å²) in [7, 11) is -4.01. The molecule has 6 aliphatic rings. The second-order valence-corrected chi connectivity index (χ2v) is 21.0. The Balaban J connectivity index is 1.14. The summed E-state index contributed by atoms with van der Waals surface area (Å²) in [6.07, 6.45) is 10.2. The first-order chi connectivity index (χ1) is 26.2. The number of benzene rings is 3. The smallest absolute Gasteiger partial charge is 0.252 e. The third-order valence-corrected chi connectivity index (χ3v) is 18.7. The van der Waals surface area contributed by atoms with E-state index in [9.17, 15) is 23.4 Å². The van der Waals surface area contributed by atoms with Gasteiger partial charge >= 0.3 is 0 Å². The van der Waals surface area contributed by atoms with E-state index < -0.39 is 43.8 Å². The molecule has 6 aliphatic carbocycles. The van der Waals surface area contributed by atoms with Crippen molar-refractivity contribution in [2.75, 3.05) is 6.54 Å². The minimum absolute atomic E-state index is 0.0413. The molecule has 3 fully saturated rings. The molecule has 10 heteroatoms. The van der Waals surface area contributed by atoms with Gasteiger partial charge in [0.2, 0.25) is 0 Å². The number of fused-ring (bicyclic) bond motifs is 2. The number of carbonyl (C=O) groups is 1. The van der Waals surface area contributed by atoms with E-state index in [1.165, 1.54) is 27.8 Å². The van der Waals surface area contributed by atoms with Crippen molar-refractivity contribution in [2.24, 2.45) is 33.5 Å². The Hall–Kier alpha value is -3.18. The summed E-state index contributed by atoms with van der Waals surface area (Å²) < 4.78 is 46.1. The van der Waals surface area contributed by atoms with Crippen LogP contribution in [-0.4, -0.2) is 47.0 Å². The highest BCUT2D eigenvalue weighted by Crippen LogP contribution is 2.78. The van der Waals surface area contributed by atoms with Gasteiger partial charge in [-0.3, -0.25) is 4.79 Å². The van der Waals surface area contributed by atoms with E-state index in [1.807, 2.05) is 42.5 Å². The number of thiophene rings is 1. The van der Waals surface area contributed by atoms with Gasteiger partial charge in [0, 0.05) is 51.9 Å². The predicted octanol–water partition coefficient (Wildman–Crippen LogP) is 9.29. The molecule has 2 N–H and O–H groups in total. The van der Waals surface area contributed by atoms with E-state index in [0.29, 0.717) is 37.7 Å². The number of allylic oxidation sites excluding steroid dienone is 4. The second kappa shape index (κ2) is 12.9. The molecule has 1 unspecified atom stereocenters. The molecule has 1 aromatic heterocycles. The van der Waals surface area contributed by atoms with Gasteiger partial charge in [0.1, 0.15) is 10.0 Å². The first-order valence-corrected chi connectivity index (χ1v) is 22.2. The Morgan fingerprint density at radius 2 is 1.65 bits per heavy atom. The number of ketones is 1. The van der Waals surface area contributed by atoms with Crippen LogP contribution in [-0.2, 0) is 27.8 Å². The predicted molar refractivity (Wildman–Crippen MR) is 215 cm³/mol. The molecule has 8 atom stereocenters. The van der Waals surface area contributed by atoms with Gasteiger partial charge in [-0.2, -0.15) is 4.31 Å². The summed E-state index contributed by atoms with van der Waals surface area (Å²) in [5, 5.41) is 28.2. The molecule has 1 heterocycles. The summed E-state index contributed by atoms with van der Waals surface area (Å²) in [4.78, 5) is 14.8. The molecule has 0 saturated heterocycles. The maximum atomic E-state index is 15.2. The minimum Gasteiger partial charge on any atom is -0.393 e. The standard InChI is InChI=1S/C45H47ClFNO5S2/c1-41-18-15-31(49)25-43(41)21-22-45(34(26-43)37(50)24-33-35(46)12-6-13-36(33)47)38(41)16-19-42(2)39(45)17-20-44(42,51)28-48(55(52,53)40-14-7-23-54-40)27-30-10-5-9-29-8-3-4-11-32(29)30/h3-14,21-23,26,31,38-39,49,51H,15-20,24-25,27-28H2,1-2H3/t31?,38-,39-,41-,42+,43+,44-,45-/m1/s1. The van der Waals surface area contributed by atoms with Crippen molar-refractivity contribution < 1.29 is 27.8 Å². The van der Waals surface area contributed by atoms with Crippen LogP contribution in [0, 0.1) is 39.3 Å². The molecular formula is C45H47ClFNO5S2. The summed E-state index contributed by atoms with van der Waals surface area (Å²) in [6, 6.07) is 21.7. The van der Waals surface area contributed by atoms with Crippen molar-refractivity contribution in [1.82, 2.24) is 4.31 Å². The fraction of sp³-hybridized carbons (Fsp3) is 0.444. The van der Waals surface area contributed by atoms with Crippen molar-refractivity contribution in [3.8, 4) is 0 Å². The van der Waals surface area contributed by atoms with Crippen LogP contribution in [0.1, 0.15) is 69.9 Å². The molecule has 0 amide bonds. The number of hydrogen-bond acceptors (Lipinski definition) is 6. The van der Waals surface area contributed by atoms with E-state index in [4.69, 9.17) is 11.6 Å². The van der Waals surface area contributed by atoms with E-state index in [-0.39, 0.29) is 57.3 Å². The highest BCUT2D eigenvalue weighted by Gasteiger charge is 2.74. The van der Waals surface area contributed by atoms with E-state index in [0.717, 1.165) is 29.2 Å². The van der Waals surface area contributed by atoms with Crippen molar-refractivity contribution in [3.05, 3.63) is 124 Å². The average Bonchev–Trinajstić information content (AvgIpc) is 3.80. The van der Waals surface area contributed by atoms with Crippen LogP contribution < -0.4 is 0 Å². The van der Waals surface area contributed by atoms with Gasteiger partial charge in [0.15, 0.2) is 5.78 Å². The quantitative estimate of drug-likeness (QED) is 0.165. The van der Waals surface area contributed by atoms with Crippen LogP contribution in [0.3, 0.4) is 0 Å². The number of nitrogens with zero attached hydrogens (tertiary/aromatic N) is 1. The largest absolute Gasteiger partial charge is 0.393 e. The highest BCUT2D eigenvalue weighted by molar-refractivity contribution is 7.91. The van der Waals surface area contributed by atoms with Crippen LogP contribution in [0.25, 0.3) is 10.8 Å². The van der Waals surface area contributed by atoms with Gasteiger partial charge < -0.3 is 10.2 Å². The molecule has 2 bridgehead atoms. The van der Waals surface area contributed by atoms with E-state index in [1.54, 1.807) is 23.6 Å². The number of carbonyl (C=O) groups excluding carboxylic acids is 1. The van der Waals surface area contributed by atoms with Gasteiger partial charge in [-0.25, -0.2) is 12.8 Å². The molecule has 288 valence electrons.